The Balaban J connectivity index is 1.67. The van der Waals surface area contributed by atoms with Crippen molar-refractivity contribution in [1.82, 2.24) is 4.90 Å². The molecule has 0 N–H and O–H groups in total. The fourth-order valence-electron chi connectivity index (χ4n) is 4.91. The smallest absolute Gasteiger partial charge is 0.00102 e. The highest BCUT2D eigenvalue weighted by atomic mass is 15.1. The number of fused-ring (bicyclic) bond motifs is 2. The second-order valence-corrected chi connectivity index (χ2v) is 9.56. The van der Waals surface area contributed by atoms with Crippen LogP contribution in [0.25, 0.3) is 0 Å². The Kier molecular flexibility index (Phi) is 5.39. The van der Waals surface area contributed by atoms with Gasteiger partial charge in [0.25, 0.3) is 0 Å². The first kappa shape index (κ1) is 18.0. The molecule has 24 heavy (non-hydrogen) atoms. The number of hydrogen-bond donors (Lipinski definition) is 0. The van der Waals surface area contributed by atoms with Gasteiger partial charge in [0, 0.05) is 0 Å². The standard InChI is InChI=1S/C23H37N/c1-5-6-9-19-18-23(21-11-8-7-10-20(19)21)13-16-24(17-14-23)15-12-22(2,3)4/h7-8,10-11,19H,5-6,9,12-18H2,1-4H3. The molecule has 1 aromatic rings. The van der Waals surface area contributed by atoms with E-state index in [1.807, 2.05) is 0 Å². The van der Waals surface area contributed by atoms with Crippen molar-refractivity contribution in [1.29, 1.82) is 0 Å². The molecular formula is C23H37N. The predicted octanol–water partition coefficient (Wildman–Crippen LogP) is 6.13. The third kappa shape index (κ3) is 3.87. The summed E-state index contributed by atoms with van der Waals surface area (Å²) in [6, 6.07) is 9.41. The average Bonchev–Trinajstić information content (AvgIpc) is 2.86. The maximum Gasteiger partial charge on any atom is -0.00102 e. The average molecular weight is 328 g/mol. The number of rotatable bonds is 5. The minimum absolute atomic E-state index is 0.459. The molecule has 1 saturated heterocycles. The van der Waals surface area contributed by atoms with Crippen LogP contribution in [-0.4, -0.2) is 24.5 Å². The number of nitrogens with zero attached hydrogens (tertiary/aromatic N) is 1. The van der Waals surface area contributed by atoms with Crippen LogP contribution in [0, 0.1) is 5.41 Å². The zero-order chi connectivity index (χ0) is 17.2. The molecule has 0 saturated carbocycles. The van der Waals surface area contributed by atoms with Gasteiger partial charge in [0.1, 0.15) is 0 Å². The molecule has 0 bridgehead atoms. The molecule has 1 fully saturated rings. The van der Waals surface area contributed by atoms with E-state index in [1.54, 1.807) is 11.1 Å². The summed E-state index contributed by atoms with van der Waals surface area (Å²) in [5.41, 5.74) is 4.35. The molecule has 0 amide bonds. The minimum atomic E-state index is 0.459. The van der Waals surface area contributed by atoms with Crippen LogP contribution in [-0.2, 0) is 5.41 Å². The number of benzene rings is 1. The van der Waals surface area contributed by atoms with Crippen LogP contribution in [0.1, 0.15) is 89.7 Å². The Morgan fingerprint density at radius 2 is 1.83 bits per heavy atom. The molecule has 0 radical (unpaired) electrons. The highest BCUT2D eigenvalue weighted by Crippen LogP contribution is 2.53. The van der Waals surface area contributed by atoms with Gasteiger partial charge < -0.3 is 4.90 Å². The van der Waals surface area contributed by atoms with E-state index in [-0.39, 0.29) is 0 Å². The number of likely N-dealkylation sites (tertiary alicyclic amines) is 1. The van der Waals surface area contributed by atoms with Crippen molar-refractivity contribution >= 4 is 0 Å². The Bertz CT molecular complexity index is 531. The SMILES string of the molecule is CCCCC1CC2(CCN(CCC(C)(C)C)CC2)c2ccccc21. The summed E-state index contributed by atoms with van der Waals surface area (Å²) >= 11 is 0. The van der Waals surface area contributed by atoms with E-state index in [2.05, 4.69) is 56.9 Å². The van der Waals surface area contributed by atoms with Crippen LogP contribution >= 0.6 is 0 Å². The molecule has 0 aromatic heterocycles. The Hall–Kier alpha value is -0.820. The fourth-order valence-corrected chi connectivity index (χ4v) is 4.91. The summed E-state index contributed by atoms with van der Waals surface area (Å²) in [4.78, 5) is 2.72. The quantitative estimate of drug-likeness (QED) is 0.628. The third-order valence-electron chi connectivity index (χ3n) is 6.51. The van der Waals surface area contributed by atoms with Crippen molar-refractivity contribution < 1.29 is 0 Å². The molecule has 134 valence electrons. The van der Waals surface area contributed by atoms with Crippen LogP contribution in [0.2, 0.25) is 0 Å². The van der Waals surface area contributed by atoms with Gasteiger partial charge in [-0.3, -0.25) is 0 Å². The molecule has 1 nitrogen and oxygen atoms in total. The predicted molar refractivity (Wildman–Crippen MR) is 105 cm³/mol. The van der Waals surface area contributed by atoms with Gasteiger partial charge in [0.15, 0.2) is 0 Å². The van der Waals surface area contributed by atoms with Gasteiger partial charge in [-0.15, -0.1) is 0 Å². The summed E-state index contributed by atoms with van der Waals surface area (Å²) in [7, 11) is 0. The van der Waals surface area contributed by atoms with Gasteiger partial charge in [-0.2, -0.15) is 0 Å². The maximum absolute atomic E-state index is 2.72. The van der Waals surface area contributed by atoms with Crippen molar-refractivity contribution in [2.75, 3.05) is 19.6 Å². The highest BCUT2D eigenvalue weighted by Gasteiger charge is 2.44. The molecule has 1 heteroatoms. The van der Waals surface area contributed by atoms with E-state index >= 15 is 0 Å². The molecule has 1 aliphatic heterocycles. The summed E-state index contributed by atoms with van der Waals surface area (Å²) in [6.07, 6.45) is 9.57. The van der Waals surface area contributed by atoms with Crippen LogP contribution in [0.4, 0.5) is 0 Å². The second kappa shape index (κ2) is 7.20. The highest BCUT2D eigenvalue weighted by molar-refractivity contribution is 5.43. The van der Waals surface area contributed by atoms with E-state index < -0.39 is 0 Å². The van der Waals surface area contributed by atoms with Crippen molar-refractivity contribution in [3.05, 3.63) is 35.4 Å². The molecule has 1 unspecified atom stereocenters. The fraction of sp³-hybridized carbons (Fsp3) is 0.739. The van der Waals surface area contributed by atoms with Gasteiger partial charge in [0.2, 0.25) is 0 Å². The zero-order valence-electron chi connectivity index (χ0n) is 16.4. The van der Waals surface area contributed by atoms with Gasteiger partial charge >= 0.3 is 0 Å². The number of piperidine rings is 1. The molecule has 1 aromatic carbocycles. The molecule has 1 spiro atoms. The monoisotopic (exact) mass is 327 g/mol. The van der Waals surface area contributed by atoms with Crippen molar-refractivity contribution in [2.24, 2.45) is 5.41 Å². The van der Waals surface area contributed by atoms with E-state index in [4.69, 9.17) is 0 Å². The summed E-state index contributed by atoms with van der Waals surface area (Å²) in [6.45, 7) is 13.3. The Labute approximate surface area is 149 Å². The van der Waals surface area contributed by atoms with Gasteiger partial charge in [0.05, 0.1) is 0 Å². The lowest BCUT2D eigenvalue weighted by molar-refractivity contribution is 0.139. The van der Waals surface area contributed by atoms with Crippen molar-refractivity contribution in [2.45, 2.75) is 84.0 Å². The molecule has 3 rings (SSSR count). The largest absolute Gasteiger partial charge is 0.303 e. The zero-order valence-corrected chi connectivity index (χ0v) is 16.4. The minimum Gasteiger partial charge on any atom is -0.303 e. The van der Waals surface area contributed by atoms with E-state index in [9.17, 15) is 0 Å². The first-order valence-corrected chi connectivity index (χ1v) is 10.3. The normalized spacial score (nSPS) is 23.6. The van der Waals surface area contributed by atoms with Crippen LogP contribution < -0.4 is 0 Å². The summed E-state index contributed by atoms with van der Waals surface area (Å²) in [5.74, 6) is 0.822. The molecular weight excluding hydrogens is 290 g/mol. The van der Waals surface area contributed by atoms with Crippen LogP contribution in [0.5, 0.6) is 0 Å². The second-order valence-electron chi connectivity index (χ2n) is 9.56. The lowest BCUT2D eigenvalue weighted by atomic mass is 9.73. The van der Waals surface area contributed by atoms with E-state index in [1.165, 1.54) is 64.6 Å². The summed E-state index contributed by atoms with van der Waals surface area (Å²) in [5, 5.41) is 0. The number of hydrogen-bond acceptors (Lipinski definition) is 1. The van der Waals surface area contributed by atoms with Gasteiger partial charge in [-0.25, -0.2) is 0 Å². The maximum atomic E-state index is 2.72. The molecule has 1 heterocycles. The summed E-state index contributed by atoms with van der Waals surface area (Å²) < 4.78 is 0. The van der Waals surface area contributed by atoms with E-state index in [0.717, 1.165) is 5.92 Å². The number of unbranched alkanes of at least 4 members (excludes halogenated alkanes) is 1. The van der Waals surface area contributed by atoms with Crippen LogP contribution in [0.15, 0.2) is 24.3 Å². The topological polar surface area (TPSA) is 3.24 Å². The molecule has 1 aliphatic carbocycles. The van der Waals surface area contributed by atoms with Crippen molar-refractivity contribution in [3.8, 4) is 0 Å². The lowest BCUT2D eigenvalue weighted by Crippen LogP contribution is -2.42. The first-order chi connectivity index (χ1) is 11.4. The molecule has 2 aliphatic rings. The molecule has 1 atom stereocenters. The Morgan fingerprint density at radius 3 is 2.50 bits per heavy atom. The van der Waals surface area contributed by atoms with Crippen LogP contribution in [0.3, 0.4) is 0 Å². The third-order valence-corrected chi connectivity index (χ3v) is 6.51. The van der Waals surface area contributed by atoms with Gasteiger partial charge in [-0.05, 0) is 79.6 Å². The van der Waals surface area contributed by atoms with Gasteiger partial charge in [-0.1, -0.05) is 64.8 Å². The first-order valence-electron chi connectivity index (χ1n) is 10.3. The van der Waals surface area contributed by atoms with Crippen molar-refractivity contribution in [3.63, 3.8) is 0 Å². The Morgan fingerprint density at radius 1 is 1.12 bits per heavy atom. The lowest BCUT2D eigenvalue weighted by Gasteiger charge is -2.41. The van der Waals surface area contributed by atoms with E-state index in [0.29, 0.717) is 10.8 Å².